The summed E-state index contributed by atoms with van der Waals surface area (Å²) in [5.41, 5.74) is 4.37. The zero-order valence-electron chi connectivity index (χ0n) is 27.0. The number of hydrogen-bond donors (Lipinski definition) is 0. The molecule has 10 nitrogen and oxygen atoms in total. The zero-order valence-corrected chi connectivity index (χ0v) is 27.0. The number of alkyl halides is 4. The predicted octanol–water partition coefficient (Wildman–Crippen LogP) is 6.23. The highest BCUT2D eigenvalue weighted by Gasteiger charge is 2.42. The molecule has 1 aromatic carbocycles. The summed E-state index contributed by atoms with van der Waals surface area (Å²) < 4.78 is 67.7. The smallest absolute Gasteiger partial charge is 0.416 e. The molecule has 2 saturated heterocycles. The van der Waals surface area contributed by atoms with Crippen LogP contribution in [-0.4, -0.2) is 68.1 Å². The average Bonchev–Trinajstić information content (AvgIpc) is 3.47. The minimum absolute atomic E-state index is 0.0856. The summed E-state index contributed by atoms with van der Waals surface area (Å²) >= 11 is 0. The van der Waals surface area contributed by atoms with Crippen molar-refractivity contribution in [1.82, 2.24) is 29.6 Å². The van der Waals surface area contributed by atoms with Gasteiger partial charge in [-0.15, -0.1) is 6.42 Å². The van der Waals surface area contributed by atoms with Gasteiger partial charge in [0.15, 0.2) is 0 Å². The van der Waals surface area contributed by atoms with Crippen molar-refractivity contribution >= 4 is 12.0 Å². The number of ether oxygens (including phenoxy) is 2. The number of pyridine rings is 1. The van der Waals surface area contributed by atoms with Crippen LogP contribution in [0.1, 0.15) is 46.8 Å². The van der Waals surface area contributed by atoms with Gasteiger partial charge in [-0.1, -0.05) is 17.6 Å². The number of rotatable bonds is 8. The molecule has 14 heteroatoms. The Morgan fingerprint density at radius 2 is 1.83 bits per heavy atom. The van der Waals surface area contributed by atoms with Crippen LogP contribution in [0.25, 0.3) is 22.3 Å². The van der Waals surface area contributed by atoms with Gasteiger partial charge in [0.2, 0.25) is 11.8 Å². The quantitative estimate of drug-likeness (QED) is 0.162. The van der Waals surface area contributed by atoms with Crippen molar-refractivity contribution in [2.24, 2.45) is 0 Å². The van der Waals surface area contributed by atoms with E-state index in [0.29, 0.717) is 28.9 Å². The molecule has 48 heavy (non-hydrogen) atoms. The number of aryl methyl sites for hydroxylation is 2. The molecule has 4 aromatic rings. The molecule has 6 rings (SSSR count). The van der Waals surface area contributed by atoms with Crippen LogP contribution in [0.5, 0.6) is 5.88 Å². The number of terminal acetylenes is 1. The van der Waals surface area contributed by atoms with E-state index in [-0.39, 0.29) is 37.0 Å². The van der Waals surface area contributed by atoms with E-state index in [1.54, 1.807) is 41.9 Å². The second-order valence-electron chi connectivity index (χ2n) is 12.0. The van der Waals surface area contributed by atoms with Crippen molar-refractivity contribution in [3.8, 4) is 40.5 Å². The number of halogens is 4. The van der Waals surface area contributed by atoms with Crippen molar-refractivity contribution in [2.45, 2.75) is 65.3 Å². The average molecular weight is 664 g/mol. The molecule has 0 spiro atoms. The first kappa shape index (κ1) is 32.7. The molecule has 0 aliphatic carbocycles. The zero-order chi connectivity index (χ0) is 34.5. The van der Waals surface area contributed by atoms with Gasteiger partial charge in [0.1, 0.15) is 18.8 Å². The first-order valence-corrected chi connectivity index (χ1v) is 15.2. The standard InChI is InChI=1S/C34H33F4N7O3/c1-7-8-45-20(4)29(19(3)42-45)23-12-26(31(47-6)39-13-23)27-14-40-32(43-15-25(35)16-43)41-28(27)17-44-21(5)30(48-33(44)46)22-9-18(2)10-24(11-22)34(36,37)38/h1,9-14,21,25,30H,8,15-17H2,2-6H3/t21-,30-/m0/s1. The fourth-order valence-corrected chi connectivity index (χ4v) is 6.25. The van der Waals surface area contributed by atoms with Crippen molar-refractivity contribution in [1.29, 1.82) is 0 Å². The Kier molecular flexibility index (Phi) is 8.49. The SMILES string of the molecule is C#CCn1nc(C)c(-c2cnc(OC)c(-c3cnc(N4CC(F)C4)nc3CN3C(=O)O[C@H](c4cc(C)cc(C(F)(F)F)c4)[C@@H]3C)c2)c1C. The normalized spacial score (nSPS) is 18.1. The number of benzene rings is 1. The molecule has 0 N–H and O–H groups in total. The van der Waals surface area contributed by atoms with Crippen LogP contribution in [0.3, 0.4) is 0 Å². The second kappa shape index (κ2) is 12.4. The maximum Gasteiger partial charge on any atom is 0.416 e. The van der Waals surface area contributed by atoms with E-state index in [1.807, 2.05) is 19.9 Å². The summed E-state index contributed by atoms with van der Waals surface area (Å²) in [7, 11) is 1.48. The van der Waals surface area contributed by atoms with Gasteiger partial charge in [0, 0.05) is 40.3 Å². The lowest BCUT2D eigenvalue weighted by Gasteiger charge is -2.34. The minimum Gasteiger partial charge on any atom is -0.481 e. The van der Waals surface area contributed by atoms with Gasteiger partial charge in [0.25, 0.3) is 0 Å². The number of hydrogen-bond acceptors (Lipinski definition) is 8. The van der Waals surface area contributed by atoms with E-state index in [9.17, 15) is 22.4 Å². The molecule has 0 saturated carbocycles. The number of nitrogens with zero attached hydrogens (tertiary/aromatic N) is 7. The second-order valence-corrected chi connectivity index (χ2v) is 12.0. The molecular weight excluding hydrogens is 630 g/mol. The third-order valence-corrected chi connectivity index (χ3v) is 8.69. The Morgan fingerprint density at radius 1 is 1.08 bits per heavy atom. The number of aromatic nitrogens is 5. The molecule has 250 valence electrons. The monoisotopic (exact) mass is 663 g/mol. The van der Waals surface area contributed by atoms with E-state index in [0.717, 1.165) is 34.6 Å². The summed E-state index contributed by atoms with van der Waals surface area (Å²) in [5.74, 6) is 3.15. The Labute approximate surface area is 274 Å². The van der Waals surface area contributed by atoms with Crippen LogP contribution in [0.15, 0.2) is 36.7 Å². The highest BCUT2D eigenvalue weighted by atomic mass is 19.4. The van der Waals surface area contributed by atoms with Crippen LogP contribution in [0.2, 0.25) is 0 Å². The van der Waals surface area contributed by atoms with Gasteiger partial charge in [-0.3, -0.25) is 9.58 Å². The van der Waals surface area contributed by atoms with Gasteiger partial charge in [-0.25, -0.2) is 24.1 Å². The first-order valence-electron chi connectivity index (χ1n) is 15.2. The van der Waals surface area contributed by atoms with Crippen LogP contribution < -0.4 is 9.64 Å². The lowest BCUT2D eigenvalue weighted by molar-refractivity contribution is -0.137. The summed E-state index contributed by atoms with van der Waals surface area (Å²) in [5, 5.41) is 4.57. The summed E-state index contributed by atoms with van der Waals surface area (Å²) in [6, 6.07) is 4.84. The minimum atomic E-state index is -4.56. The first-order chi connectivity index (χ1) is 22.8. The van der Waals surface area contributed by atoms with Crippen molar-refractivity contribution in [3.63, 3.8) is 0 Å². The molecule has 1 amide bonds. The maximum absolute atomic E-state index is 13.8. The van der Waals surface area contributed by atoms with E-state index in [1.165, 1.54) is 12.0 Å². The molecule has 0 radical (unpaired) electrons. The van der Waals surface area contributed by atoms with Gasteiger partial charge >= 0.3 is 12.3 Å². The molecule has 0 unspecified atom stereocenters. The number of carbonyl (C=O) groups is 1. The number of amides is 1. The summed E-state index contributed by atoms with van der Waals surface area (Å²) in [6.45, 7) is 7.50. The van der Waals surface area contributed by atoms with E-state index in [2.05, 4.69) is 21.0 Å². The maximum atomic E-state index is 13.8. The van der Waals surface area contributed by atoms with Crippen LogP contribution in [-0.2, 0) is 24.0 Å². The fourth-order valence-electron chi connectivity index (χ4n) is 6.25. The van der Waals surface area contributed by atoms with Crippen molar-refractivity contribution < 1.29 is 31.8 Å². The third kappa shape index (κ3) is 6.00. The molecule has 3 aromatic heterocycles. The molecule has 2 aliphatic rings. The summed E-state index contributed by atoms with van der Waals surface area (Å²) in [4.78, 5) is 30.3. The van der Waals surface area contributed by atoms with Gasteiger partial charge in [0.05, 0.1) is 49.7 Å². The number of carbonyl (C=O) groups excluding carboxylic acids is 1. The van der Waals surface area contributed by atoms with Crippen LogP contribution in [0.4, 0.5) is 28.3 Å². The van der Waals surface area contributed by atoms with E-state index in [4.69, 9.17) is 20.9 Å². The molecule has 2 aliphatic heterocycles. The van der Waals surface area contributed by atoms with Gasteiger partial charge in [-0.05, 0) is 51.5 Å². The van der Waals surface area contributed by atoms with E-state index >= 15 is 0 Å². The molecule has 0 bridgehead atoms. The molecule has 2 atom stereocenters. The molecule has 2 fully saturated rings. The number of anilines is 1. The number of methoxy groups -OCH3 is 1. The highest BCUT2D eigenvalue weighted by molar-refractivity contribution is 5.79. The Balaban J connectivity index is 1.41. The Bertz CT molecular complexity index is 1930. The predicted molar refractivity (Wildman–Crippen MR) is 169 cm³/mol. The van der Waals surface area contributed by atoms with E-state index < -0.39 is 36.2 Å². The topological polar surface area (TPSA) is 98.5 Å². The lowest BCUT2D eigenvalue weighted by atomic mass is 9.97. The fraction of sp³-hybridized carbons (Fsp3) is 0.382. The van der Waals surface area contributed by atoms with Crippen LogP contribution >= 0.6 is 0 Å². The van der Waals surface area contributed by atoms with Crippen molar-refractivity contribution in [2.75, 3.05) is 25.1 Å². The lowest BCUT2D eigenvalue weighted by Crippen LogP contribution is -2.49. The third-order valence-electron chi connectivity index (χ3n) is 8.69. The molecular formula is C34H33F4N7O3. The van der Waals surface area contributed by atoms with Crippen molar-refractivity contribution in [3.05, 3.63) is 70.4 Å². The summed E-state index contributed by atoms with van der Waals surface area (Å²) in [6.07, 6.45) is 1.53. The largest absolute Gasteiger partial charge is 0.481 e. The highest BCUT2D eigenvalue weighted by Crippen LogP contribution is 2.40. The number of cyclic esters (lactones) is 1. The van der Waals surface area contributed by atoms with Gasteiger partial charge < -0.3 is 14.4 Å². The van der Waals surface area contributed by atoms with Gasteiger partial charge in [-0.2, -0.15) is 18.3 Å². The Hall–Kier alpha value is -5.19. The molecule has 5 heterocycles. The Morgan fingerprint density at radius 3 is 2.50 bits per heavy atom. The van der Waals surface area contributed by atoms with Crippen LogP contribution in [0, 0.1) is 33.1 Å².